The van der Waals surface area contributed by atoms with Crippen molar-refractivity contribution in [3.63, 3.8) is 0 Å². The number of halogens is 1. The van der Waals surface area contributed by atoms with Crippen molar-refractivity contribution in [1.82, 2.24) is 4.98 Å². The van der Waals surface area contributed by atoms with Gasteiger partial charge in [0.05, 0.1) is 17.3 Å². The molecule has 20 heavy (non-hydrogen) atoms. The molecule has 0 aliphatic carbocycles. The summed E-state index contributed by atoms with van der Waals surface area (Å²) >= 11 is 3.43. The van der Waals surface area contributed by atoms with Crippen LogP contribution in [0.1, 0.15) is 19.3 Å². The number of nitrogens with two attached hydrogens (primary N) is 1. The molecule has 1 saturated heterocycles. The molecule has 3 rings (SSSR count). The van der Waals surface area contributed by atoms with Crippen LogP contribution < -0.4 is 11.1 Å². The molecule has 1 aliphatic heterocycles. The zero-order valence-electron chi connectivity index (χ0n) is 11.2. The van der Waals surface area contributed by atoms with Crippen molar-refractivity contribution in [1.29, 1.82) is 0 Å². The van der Waals surface area contributed by atoms with Crippen LogP contribution in [0.2, 0.25) is 0 Å². The van der Waals surface area contributed by atoms with Gasteiger partial charge >= 0.3 is 0 Å². The molecule has 1 aromatic heterocycles. The number of hydrogen-bond acceptors (Lipinski definition) is 4. The predicted octanol–water partition coefficient (Wildman–Crippen LogP) is 3.56. The Hall–Kier alpha value is -1.33. The molecule has 2 heterocycles. The van der Waals surface area contributed by atoms with E-state index in [1.807, 2.05) is 18.2 Å². The summed E-state index contributed by atoms with van der Waals surface area (Å²) in [7, 11) is 0. The van der Waals surface area contributed by atoms with Crippen molar-refractivity contribution in [2.24, 2.45) is 0 Å². The minimum Gasteiger partial charge on any atom is -0.398 e. The molecule has 1 atom stereocenters. The van der Waals surface area contributed by atoms with Crippen molar-refractivity contribution in [2.75, 3.05) is 24.2 Å². The second-order valence-electron chi connectivity index (χ2n) is 5.12. The van der Waals surface area contributed by atoms with E-state index in [0.29, 0.717) is 6.10 Å². The molecule has 3 N–H and O–H groups in total. The van der Waals surface area contributed by atoms with E-state index in [9.17, 15) is 0 Å². The molecule has 2 aromatic rings. The maximum atomic E-state index is 6.02. The topological polar surface area (TPSA) is 60.2 Å². The molecule has 1 aromatic carbocycles. The number of aromatic nitrogens is 1. The van der Waals surface area contributed by atoms with Gasteiger partial charge < -0.3 is 15.8 Å². The van der Waals surface area contributed by atoms with Crippen molar-refractivity contribution in [2.45, 2.75) is 25.4 Å². The Balaban J connectivity index is 1.82. The average molecular weight is 336 g/mol. The van der Waals surface area contributed by atoms with Crippen LogP contribution in [0.15, 0.2) is 28.9 Å². The minimum absolute atomic E-state index is 0.298. The van der Waals surface area contributed by atoms with Crippen molar-refractivity contribution in [3.05, 3.63) is 28.9 Å². The molecule has 1 unspecified atom stereocenters. The number of nitrogens with zero attached hydrogens (tertiary/aromatic N) is 1. The van der Waals surface area contributed by atoms with Crippen LogP contribution >= 0.6 is 15.9 Å². The highest BCUT2D eigenvalue weighted by atomic mass is 79.9. The van der Waals surface area contributed by atoms with Crippen LogP contribution in [-0.4, -0.2) is 24.2 Å². The molecular weight excluding hydrogens is 318 g/mol. The van der Waals surface area contributed by atoms with E-state index in [2.05, 4.69) is 26.2 Å². The summed E-state index contributed by atoms with van der Waals surface area (Å²) in [4.78, 5) is 4.48. The van der Waals surface area contributed by atoms with E-state index in [0.717, 1.165) is 46.3 Å². The van der Waals surface area contributed by atoms with E-state index >= 15 is 0 Å². The lowest BCUT2D eigenvalue weighted by Gasteiger charge is -2.23. The second-order valence-corrected chi connectivity index (χ2v) is 6.04. The first-order valence-electron chi connectivity index (χ1n) is 6.93. The number of nitrogens with one attached hydrogen (secondary N) is 1. The van der Waals surface area contributed by atoms with Gasteiger partial charge in [-0.05, 0) is 53.4 Å². The normalized spacial score (nSPS) is 19.1. The smallest absolute Gasteiger partial charge is 0.0954 e. The summed E-state index contributed by atoms with van der Waals surface area (Å²) in [6.07, 6.45) is 5.65. The number of benzene rings is 1. The number of fused-ring (bicyclic) bond motifs is 1. The number of ether oxygens (including phenoxy) is 1. The number of pyridine rings is 1. The molecular formula is C15H18BrN3O. The Kier molecular flexibility index (Phi) is 4.08. The van der Waals surface area contributed by atoms with Crippen LogP contribution in [0.4, 0.5) is 11.4 Å². The third-order valence-corrected chi connectivity index (χ3v) is 4.08. The Labute approximate surface area is 126 Å². The molecule has 0 amide bonds. The van der Waals surface area contributed by atoms with E-state index in [-0.39, 0.29) is 0 Å². The van der Waals surface area contributed by atoms with E-state index in [1.54, 1.807) is 6.20 Å². The highest BCUT2D eigenvalue weighted by molar-refractivity contribution is 9.10. The Morgan fingerprint density at radius 3 is 3.10 bits per heavy atom. The number of anilines is 2. The molecule has 0 bridgehead atoms. The summed E-state index contributed by atoms with van der Waals surface area (Å²) in [5.74, 6) is 0. The molecule has 0 spiro atoms. The first kappa shape index (κ1) is 13.6. The third kappa shape index (κ3) is 2.88. The fourth-order valence-corrected chi connectivity index (χ4v) is 2.88. The lowest BCUT2D eigenvalue weighted by Crippen LogP contribution is -2.27. The highest BCUT2D eigenvalue weighted by Crippen LogP contribution is 2.29. The van der Waals surface area contributed by atoms with E-state index in [1.165, 1.54) is 12.8 Å². The maximum absolute atomic E-state index is 6.02. The number of rotatable bonds is 3. The summed E-state index contributed by atoms with van der Waals surface area (Å²) in [5, 5.41) is 4.41. The maximum Gasteiger partial charge on any atom is 0.0954 e. The fraction of sp³-hybridized carbons (Fsp3) is 0.400. The molecule has 1 fully saturated rings. The zero-order chi connectivity index (χ0) is 13.9. The molecule has 1 aliphatic rings. The average Bonchev–Trinajstić information content (AvgIpc) is 2.48. The Bertz CT molecular complexity index is 611. The van der Waals surface area contributed by atoms with Crippen LogP contribution in [0.3, 0.4) is 0 Å². The zero-order valence-corrected chi connectivity index (χ0v) is 12.8. The standard InChI is InChI=1S/C15H18BrN3O/c16-10-7-12-13(17)4-5-14(15(12)19-8-10)18-9-11-3-1-2-6-20-11/h4-5,7-8,11,18H,1-3,6,9,17H2. The van der Waals surface area contributed by atoms with Crippen LogP contribution in [0.5, 0.6) is 0 Å². The van der Waals surface area contributed by atoms with Gasteiger partial charge in [-0.15, -0.1) is 0 Å². The van der Waals surface area contributed by atoms with Gasteiger partial charge in [0.2, 0.25) is 0 Å². The van der Waals surface area contributed by atoms with Crippen molar-refractivity contribution < 1.29 is 4.74 Å². The van der Waals surface area contributed by atoms with Gasteiger partial charge in [0, 0.05) is 34.9 Å². The second kappa shape index (κ2) is 5.97. The molecule has 0 radical (unpaired) electrons. The van der Waals surface area contributed by atoms with Gasteiger partial charge in [-0.3, -0.25) is 4.98 Å². The third-order valence-electron chi connectivity index (χ3n) is 3.64. The SMILES string of the molecule is Nc1ccc(NCC2CCCCO2)c2ncc(Br)cc12. The molecule has 106 valence electrons. The van der Waals surface area contributed by atoms with Crippen LogP contribution in [0, 0.1) is 0 Å². The Morgan fingerprint density at radius 2 is 2.30 bits per heavy atom. The molecule has 4 nitrogen and oxygen atoms in total. The molecule has 0 saturated carbocycles. The van der Waals surface area contributed by atoms with Gasteiger partial charge in [0.1, 0.15) is 0 Å². The van der Waals surface area contributed by atoms with Crippen molar-refractivity contribution in [3.8, 4) is 0 Å². The summed E-state index contributed by atoms with van der Waals surface area (Å²) < 4.78 is 6.67. The Morgan fingerprint density at radius 1 is 1.40 bits per heavy atom. The first-order valence-corrected chi connectivity index (χ1v) is 7.72. The number of hydrogen-bond donors (Lipinski definition) is 2. The predicted molar refractivity (Wildman–Crippen MR) is 85.9 cm³/mol. The van der Waals surface area contributed by atoms with Gasteiger partial charge in [-0.1, -0.05) is 0 Å². The minimum atomic E-state index is 0.298. The monoisotopic (exact) mass is 335 g/mol. The summed E-state index contributed by atoms with van der Waals surface area (Å²) in [5.41, 5.74) is 8.68. The number of nitrogen functional groups attached to an aromatic ring is 1. The lowest BCUT2D eigenvalue weighted by atomic mass is 10.1. The largest absolute Gasteiger partial charge is 0.398 e. The quantitative estimate of drug-likeness (QED) is 0.842. The lowest BCUT2D eigenvalue weighted by molar-refractivity contribution is 0.0248. The van der Waals surface area contributed by atoms with Crippen LogP contribution in [-0.2, 0) is 4.74 Å². The first-order chi connectivity index (χ1) is 9.74. The van der Waals surface area contributed by atoms with Gasteiger partial charge in [0.15, 0.2) is 0 Å². The summed E-state index contributed by atoms with van der Waals surface area (Å²) in [6, 6.07) is 5.90. The fourth-order valence-electron chi connectivity index (χ4n) is 2.55. The van der Waals surface area contributed by atoms with E-state index in [4.69, 9.17) is 10.5 Å². The highest BCUT2D eigenvalue weighted by Gasteiger charge is 2.14. The van der Waals surface area contributed by atoms with Gasteiger partial charge in [0.25, 0.3) is 0 Å². The van der Waals surface area contributed by atoms with Crippen LogP contribution in [0.25, 0.3) is 10.9 Å². The molecule has 5 heteroatoms. The van der Waals surface area contributed by atoms with Gasteiger partial charge in [-0.2, -0.15) is 0 Å². The van der Waals surface area contributed by atoms with Crippen molar-refractivity contribution >= 4 is 38.2 Å². The van der Waals surface area contributed by atoms with E-state index < -0.39 is 0 Å². The van der Waals surface area contributed by atoms with Gasteiger partial charge in [-0.25, -0.2) is 0 Å². The summed E-state index contributed by atoms with van der Waals surface area (Å²) in [6.45, 7) is 1.69.